The predicted molar refractivity (Wildman–Crippen MR) is 160 cm³/mol. The van der Waals surface area contributed by atoms with Gasteiger partial charge in [-0.2, -0.15) is 0 Å². The van der Waals surface area contributed by atoms with Crippen LogP contribution in [0, 0.1) is 15.4 Å². The summed E-state index contributed by atoms with van der Waals surface area (Å²) in [6, 6.07) is 10.3. The van der Waals surface area contributed by atoms with E-state index in [0.717, 1.165) is 52.7 Å². The van der Waals surface area contributed by atoms with Gasteiger partial charge in [0.2, 0.25) is 0 Å². The van der Waals surface area contributed by atoms with Gasteiger partial charge in [-0.15, -0.1) is 0 Å². The third kappa shape index (κ3) is 5.19. The molecule has 4 atom stereocenters. The van der Waals surface area contributed by atoms with Gasteiger partial charge < -0.3 is 19.7 Å². The Kier molecular flexibility index (Phi) is 7.95. The Balaban J connectivity index is 1.66. The van der Waals surface area contributed by atoms with Crippen molar-refractivity contribution in [1.82, 2.24) is 0 Å². The average Bonchev–Trinajstić information content (AvgIpc) is 2.84. The fraction of sp³-hybridized carbons (Fsp3) is 0.333. The number of rotatable bonds is 2. The van der Waals surface area contributed by atoms with Gasteiger partial charge >= 0.3 is 0 Å². The summed E-state index contributed by atoms with van der Waals surface area (Å²) >= 11 is 4.69. The van der Waals surface area contributed by atoms with Crippen molar-refractivity contribution in [3.05, 3.63) is 101 Å². The first-order chi connectivity index (χ1) is 17.4. The number of methoxy groups -OCH3 is 2. The molecule has 0 saturated carbocycles. The number of ether oxygens (including phenoxy) is 2. The molecule has 0 aromatic heterocycles. The van der Waals surface area contributed by atoms with Gasteiger partial charge in [-0.25, -0.2) is 0 Å². The summed E-state index contributed by atoms with van der Waals surface area (Å²) in [5, 5.41) is 22.8. The van der Waals surface area contributed by atoms with Crippen LogP contribution in [0.25, 0.3) is 0 Å². The molecular weight excluding hydrogens is 678 g/mol. The number of aromatic hydroxyl groups is 1. The lowest BCUT2D eigenvalue weighted by atomic mass is 9.77. The third-order valence-corrected chi connectivity index (χ3v) is 8.78. The number of fused-ring (bicyclic) bond motifs is 8. The minimum absolute atomic E-state index is 0.0108. The second kappa shape index (κ2) is 11.0. The summed E-state index contributed by atoms with van der Waals surface area (Å²) < 4.78 is 14.2. The minimum Gasteiger partial charge on any atom is -0.507 e. The number of hydrogen-bond donors (Lipinski definition) is 2. The van der Waals surface area contributed by atoms with Gasteiger partial charge in [0.05, 0.1) is 19.3 Å². The first-order valence-corrected chi connectivity index (χ1v) is 14.3. The second-order valence-electron chi connectivity index (χ2n) is 9.77. The summed E-state index contributed by atoms with van der Waals surface area (Å²) in [6.07, 6.45) is 12.6. The maximum Gasteiger partial charge on any atom is 0.125 e. The zero-order valence-electron chi connectivity index (χ0n) is 20.4. The molecule has 2 unspecified atom stereocenters. The SMILES string of the molecule is COc1c2cccc1Cc1cc(I)cc(c1O)CC1=CC=CC(C[C@@H]3C=C(I)C=C(C2)[C@@H]3O)C1OC. The summed E-state index contributed by atoms with van der Waals surface area (Å²) in [5.41, 5.74) is 5.98. The number of phenolic OH excluding ortho intramolecular Hbond substituents is 1. The van der Waals surface area contributed by atoms with Crippen LogP contribution in [-0.4, -0.2) is 36.6 Å². The van der Waals surface area contributed by atoms with E-state index in [1.165, 1.54) is 0 Å². The van der Waals surface area contributed by atoms with Crippen LogP contribution in [-0.2, 0) is 24.0 Å². The molecule has 0 amide bonds. The summed E-state index contributed by atoms with van der Waals surface area (Å²) in [5.74, 6) is 1.28. The predicted octanol–water partition coefficient (Wildman–Crippen LogP) is 6.45. The fourth-order valence-corrected chi connectivity index (χ4v) is 7.45. The van der Waals surface area contributed by atoms with Gasteiger partial charge in [0, 0.05) is 32.5 Å². The molecule has 0 spiro atoms. The maximum absolute atomic E-state index is 11.5. The van der Waals surface area contributed by atoms with E-state index in [1.807, 2.05) is 12.1 Å². The van der Waals surface area contributed by atoms with Crippen molar-refractivity contribution >= 4 is 45.2 Å². The Morgan fingerprint density at radius 2 is 1.61 bits per heavy atom. The third-order valence-electron chi connectivity index (χ3n) is 7.49. The van der Waals surface area contributed by atoms with Gasteiger partial charge in [0.25, 0.3) is 0 Å². The zero-order chi connectivity index (χ0) is 25.4. The lowest BCUT2D eigenvalue weighted by Gasteiger charge is -2.34. The number of hydrogen-bond acceptors (Lipinski definition) is 4. The molecule has 0 heterocycles. The van der Waals surface area contributed by atoms with Crippen LogP contribution in [0.3, 0.4) is 0 Å². The van der Waals surface area contributed by atoms with Crippen LogP contribution < -0.4 is 4.74 Å². The largest absolute Gasteiger partial charge is 0.507 e. The van der Waals surface area contributed by atoms with Gasteiger partial charge in [-0.05, 0) is 116 Å². The number of allylic oxidation sites excluding steroid dienone is 4. The van der Waals surface area contributed by atoms with Crippen molar-refractivity contribution in [2.45, 2.75) is 37.9 Å². The van der Waals surface area contributed by atoms with Crippen molar-refractivity contribution in [2.24, 2.45) is 11.8 Å². The van der Waals surface area contributed by atoms with Crippen molar-refractivity contribution in [3.8, 4) is 11.5 Å². The molecule has 2 aromatic rings. The first-order valence-electron chi connectivity index (χ1n) is 12.2. The van der Waals surface area contributed by atoms with Crippen LogP contribution in [0.5, 0.6) is 11.5 Å². The fourth-order valence-electron chi connectivity index (χ4n) is 5.84. The molecule has 2 aromatic carbocycles. The number of benzene rings is 2. The van der Waals surface area contributed by atoms with E-state index in [4.69, 9.17) is 9.47 Å². The van der Waals surface area contributed by atoms with E-state index in [0.29, 0.717) is 25.0 Å². The molecule has 6 heteroatoms. The number of phenols is 1. The van der Waals surface area contributed by atoms with Crippen LogP contribution in [0.2, 0.25) is 0 Å². The molecule has 2 N–H and O–H groups in total. The van der Waals surface area contributed by atoms with Crippen LogP contribution >= 0.6 is 45.2 Å². The van der Waals surface area contributed by atoms with E-state index in [-0.39, 0.29) is 17.9 Å². The van der Waals surface area contributed by atoms with E-state index in [1.54, 1.807) is 14.2 Å². The van der Waals surface area contributed by atoms with Crippen molar-refractivity contribution in [2.75, 3.05) is 14.2 Å². The monoisotopic (exact) mass is 708 g/mol. The van der Waals surface area contributed by atoms with Crippen molar-refractivity contribution < 1.29 is 19.7 Å². The molecule has 3 aliphatic carbocycles. The van der Waals surface area contributed by atoms with Crippen molar-refractivity contribution in [1.29, 1.82) is 0 Å². The minimum atomic E-state index is -0.566. The highest BCUT2D eigenvalue weighted by atomic mass is 127. The smallest absolute Gasteiger partial charge is 0.125 e. The number of aliphatic hydroxyl groups excluding tert-OH is 1. The topological polar surface area (TPSA) is 58.9 Å². The molecule has 0 radical (unpaired) electrons. The Labute approximate surface area is 240 Å². The molecular formula is C30H30I2O4. The Morgan fingerprint density at radius 1 is 0.917 bits per heavy atom. The normalized spacial score (nSPS) is 25.5. The summed E-state index contributed by atoms with van der Waals surface area (Å²) in [4.78, 5) is 0. The van der Waals surface area contributed by atoms with E-state index in [2.05, 4.69) is 93.8 Å². The molecule has 188 valence electrons. The highest BCUT2D eigenvalue weighted by Crippen LogP contribution is 2.40. The van der Waals surface area contributed by atoms with Gasteiger partial charge in [-0.1, -0.05) is 42.5 Å². The summed E-state index contributed by atoms with van der Waals surface area (Å²) in [7, 11) is 3.45. The van der Waals surface area contributed by atoms with Gasteiger partial charge in [0.15, 0.2) is 0 Å². The number of para-hydroxylation sites is 1. The van der Waals surface area contributed by atoms with E-state index < -0.39 is 6.10 Å². The van der Waals surface area contributed by atoms with E-state index >= 15 is 0 Å². The summed E-state index contributed by atoms with van der Waals surface area (Å²) in [6.45, 7) is 0. The molecule has 0 aliphatic heterocycles. The van der Waals surface area contributed by atoms with Crippen LogP contribution in [0.1, 0.15) is 28.7 Å². The Morgan fingerprint density at radius 3 is 2.33 bits per heavy atom. The standard InChI is InChI=1S/C30H30I2O4/c1-35-29-17-5-3-6-18(29)10-22-14-26(32)16-24(28(22)34)12-20-8-4-7-19(30(20)36-2)11-23-15-25(31)13-21(9-17)27(23)33/h3-8,13-17,21,27,29,33-34H,9-12H2,1-2H3/t17?,21-,27-,29?/m1/s1. The molecule has 4 nitrogen and oxygen atoms in total. The van der Waals surface area contributed by atoms with E-state index in [9.17, 15) is 10.2 Å². The zero-order valence-corrected chi connectivity index (χ0v) is 24.7. The highest BCUT2D eigenvalue weighted by Gasteiger charge is 2.33. The quantitative estimate of drug-likeness (QED) is 0.353. The highest BCUT2D eigenvalue weighted by molar-refractivity contribution is 14.1. The van der Waals surface area contributed by atoms with Crippen LogP contribution in [0.15, 0.2) is 75.4 Å². The van der Waals surface area contributed by atoms with Gasteiger partial charge in [-0.3, -0.25) is 0 Å². The lowest BCUT2D eigenvalue weighted by molar-refractivity contribution is 0.0728. The molecule has 3 aliphatic rings. The molecule has 5 rings (SSSR count). The van der Waals surface area contributed by atoms with Gasteiger partial charge in [0.1, 0.15) is 11.5 Å². The Bertz CT molecular complexity index is 1290. The second-order valence-corrected chi connectivity index (χ2v) is 12.3. The average molecular weight is 708 g/mol. The van der Waals surface area contributed by atoms with Crippen molar-refractivity contribution in [3.63, 3.8) is 0 Å². The molecule has 0 saturated heterocycles. The Hall–Kier alpha value is -1.62. The number of aliphatic hydroxyl groups is 1. The first kappa shape index (κ1) is 26.0. The number of halogens is 2. The lowest BCUT2D eigenvalue weighted by Crippen LogP contribution is -2.33. The maximum atomic E-state index is 11.5. The van der Waals surface area contributed by atoms with Crippen LogP contribution in [0.4, 0.5) is 0 Å². The molecule has 36 heavy (non-hydrogen) atoms. The molecule has 0 fully saturated rings. The molecule has 8 bridgehead atoms.